The van der Waals surface area contributed by atoms with Crippen LogP contribution >= 0.6 is 11.5 Å². The summed E-state index contributed by atoms with van der Waals surface area (Å²) in [5.74, 6) is -0.413. The van der Waals surface area contributed by atoms with E-state index in [9.17, 15) is 9.18 Å². The Hall–Kier alpha value is -1.89. The Morgan fingerprint density at radius 2 is 2.31 bits per heavy atom. The monoisotopic (exact) mass is 238 g/mol. The summed E-state index contributed by atoms with van der Waals surface area (Å²) in [7, 11) is 0. The van der Waals surface area contributed by atoms with Crippen molar-refractivity contribution >= 4 is 22.6 Å². The minimum absolute atomic E-state index is 0.272. The van der Waals surface area contributed by atoms with Gasteiger partial charge in [-0.3, -0.25) is 10.1 Å². The van der Waals surface area contributed by atoms with Crippen molar-refractivity contribution in [1.29, 1.82) is 0 Å². The maximum atomic E-state index is 12.5. The highest BCUT2D eigenvalue weighted by Gasteiger charge is 2.09. The van der Waals surface area contributed by atoms with Gasteiger partial charge in [0.1, 0.15) is 5.82 Å². The lowest BCUT2D eigenvalue weighted by molar-refractivity contribution is 0.102. The number of halogens is 1. The Labute approximate surface area is 94.5 Å². The number of anilines is 1. The SMILES string of the molecule is Cc1nsc(NC(=O)c2ccc(F)nc2)n1. The molecule has 0 saturated heterocycles. The van der Waals surface area contributed by atoms with Crippen LogP contribution in [0.15, 0.2) is 18.3 Å². The van der Waals surface area contributed by atoms with Crippen LogP contribution in [0.5, 0.6) is 0 Å². The fourth-order valence-electron chi connectivity index (χ4n) is 1.03. The van der Waals surface area contributed by atoms with Gasteiger partial charge in [0.15, 0.2) is 0 Å². The number of amides is 1. The number of hydrogen-bond donors (Lipinski definition) is 1. The van der Waals surface area contributed by atoms with Crippen LogP contribution in [0.25, 0.3) is 0 Å². The van der Waals surface area contributed by atoms with Gasteiger partial charge in [0.05, 0.1) is 5.56 Å². The molecule has 0 saturated carbocycles. The van der Waals surface area contributed by atoms with Crippen molar-refractivity contribution < 1.29 is 9.18 Å². The van der Waals surface area contributed by atoms with Crippen LogP contribution in [0.1, 0.15) is 16.2 Å². The van der Waals surface area contributed by atoms with Crippen LogP contribution < -0.4 is 5.32 Å². The minimum Gasteiger partial charge on any atom is -0.297 e. The lowest BCUT2D eigenvalue weighted by atomic mass is 10.3. The van der Waals surface area contributed by atoms with Gasteiger partial charge in [-0.05, 0) is 19.1 Å². The smallest absolute Gasteiger partial charge is 0.259 e. The van der Waals surface area contributed by atoms with E-state index in [1.807, 2.05) is 0 Å². The van der Waals surface area contributed by atoms with Gasteiger partial charge in [0, 0.05) is 17.7 Å². The second-order valence-electron chi connectivity index (χ2n) is 2.97. The van der Waals surface area contributed by atoms with Gasteiger partial charge in [-0.2, -0.15) is 8.76 Å². The predicted octanol–water partition coefficient (Wildman–Crippen LogP) is 1.63. The number of aryl methyl sites for hydroxylation is 1. The molecule has 0 radical (unpaired) electrons. The summed E-state index contributed by atoms with van der Waals surface area (Å²) in [6, 6.07) is 2.48. The topological polar surface area (TPSA) is 67.8 Å². The number of aromatic nitrogens is 3. The van der Waals surface area contributed by atoms with Crippen molar-refractivity contribution in [3.05, 3.63) is 35.7 Å². The van der Waals surface area contributed by atoms with Crippen molar-refractivity contribution in [2.24, 2.45) is 0 Å². The summed E-state index contributed by atoms with van der Waals surface area (Å²) in [6.45, 7) is 1.73. The van der Waals surface area contributed by atoms with E-state index in [1.54, 1.807) is 6.92 Å². The van der Waals surface area contributed by atoms with Crippen LogP contribution in [0.4, 0.5) is 9.52 Å². The van der Waals surface area contributed by atoms with Crippen LogP contribution in [-0.2, 0) is 0 Å². The molecule has 0 fully saturated rings. The molecular weight excluding hydrogens is 231 g/mol. The van der Waals surface area contributed by atoms with Gasteiger partial charge in [-0.15, -0.1) is 0 Å². The molecule has 0 aromatic carbocycles. The van der Waals surface area contributed by atoms with Crippen molar-refractivity contribution in [3.8, 4) is 0 Å². The van der Waals surface area contributed by atoms with E-state index in [1.165, 1.54) is 12.3 Å². The van der Waals surface area contributed by atoms with Gasteiger partial charge in [0.25, 0.3) is 5.91 Å². The molecule has 0 aliphatic rings. The molecule has 1 amide bonds. The van der Waals surface area contributed by atoms with E-state index in [-0.39, 0.29) is 11.5 Å². The molecule has 0 atom stereocenters. The van der Waals surface area contributed by atoms with E-state index < -0.39 is 5.95 Å². The number of hydrogen-bond acceptors (Lipinski definition) is 5. The molecule has 5 nitrogen and oxygen atoms in total. The first-order chi connectivity index (χ1) is 7.65. The maximum absolute atomic E-state index is 12.5. The quantitative estimate of drug-likeness (QED) is 0.807. The first-order valence-corrected chi connectivity index (χ1v) is 5.16. The molecule has 2 aromatic heterocycles. The Balaban J connectivity index is 2.11. The van der Waals surface area contributed by atoms with Crippen molar-refractivity contribution in [2.75, 3.05) is 5.32 Å². The molecule has 0 spiro atoms. The first-order valence-electron chi connectivity index (χ1n) is 4.38. The number of pyridine rings is 1. The van der Waals surface area contributed by atoms with Crippen LogP contribution in [-0.4, -0.2) is 20.2 Å². The number of carbonyl (C=O) groups excluding carboxylic acids is 1. The zero-order valence-corrected chi connectivity index (χ0v) is 9.08. The Kier molecular flexibility index (Phi) is 2.86. The summed E-state index contributed by atoms with van der Waals surface area (Å²) in [5, 5.41) is 2.95. The molecule has 82 valence electrons. The summed E-state index contributed by atoms with van der Waals surface area (Å²) >= 11 is 1.09. The Morgan fingerprint density at radius 1 is 1.50 bits per heavy atom. The molecule has 7 heteroatoms. The zero-order chi connectivity index (χ0) is 11.5. The minimum atomic E-state index is -0.622. The predicted molar refractivity (Wildman–Crippen MR) is 56.8 cm³/mol. The van der Waals surface area contributed by atoms with Gasteiger partial charge >= 0.3 is 0 Å². The number of rotatable bonds is 2. The van der Waals surface area contributed by atoms with E-state index in [4.69, 9.17) is 0 Å². The largest absolute Gasteiger partial charge is 0.297 e. The van der Waals surface area contributed by atoms with Gasteiger partial charge in [0.2, 0.25) is 11.1 Å². The first kappa shape index (κ1) is 10.6. The fourth-order valence-corrected chi connectivity index (χ4v) is 1.60. The average molecular weight is 238 g/mol. The summed E-state index contributed by atoms with van der Waals surface area (Å²) < 4.78 is 16.4. The molecule has 0 unspecified atom stereocenters. The van der Waals surface area contributed by atoms with Crippen molar-refractivity contribution in [2.45, 2.75) is 6.92 Å². The highest BCUT2D eigenvalue weighted by molar-refractivity contribution is 7.09. The number of carbonyl (C=O) groups is 1. The third-order valence-corrected chi connectivity index (χ3v) is 2.46. The normalized spacial score (nSPS) is 10.1. The van der Waals surface area contributed by atoms with E-state index in [2.05, 4.69) is 19.7 Å². The van der Waals surface area contributed by atoms with Crippen molar-refractivity contribution in [3.63, 3.8) is 0 Å². The standard InChI is InChI=1S/C9H7FN4OS/c1-5-12-9(16-14-5)13-8(15)6-2-3-7(10)11-4-6/h2-4H,1H3,(H,12,13,14,15). The molecule has 2 aromatic rings. The van der Waals surface area contributed by atoms with E-state index in [0.717, 1.165) is 17.6 Å². The average Bonchev–Trinajstić information content (AvgIpc) is 2.65. The van der Waals surface area contributed by atoms with Gasteiger partial charge < -0.3 is 0 Å². The highest BCUT2D eigenvalue weighted by Crippen LogP contribution is 2.11. The molecule has 1 N–H and O–H groups in total. The molecule has 16 heavy (non-hydrogen) atoms. The second-order valence-corrected chi connectivity index (χ2v) is 3.72. The van der Waals surface area contributed by atoms with Crippen molar-refractivity contribution in [1.82, 2.24) is 14.3 Å². The zero-order valence-electron chi connectivity index (χ0n) is 8.27. The summed E-state index contributed by atoms with van der Waals surface area (Å²) in [4.78, 5) is 19.0. The molecule has 0 aliphatic heterocycles. The third kappa shape index (κ3) is 2.37. The van der Waals surface area contributed by atoms with E-state index in [0.29, 0.717) is 11.0 Å². The maximum Gasteiger partial charge on any atom is 0.259 e. The van der Waals surface area contributed by atoms with Crippen LogP contribution in [0.2, 0.25) is 0 Å². The molecule has 2 rings (SSSR count). The number of nitrogens with one attached hydrogen (secondary N) is 1. The molecule has 0 aliphatic carbocycles. The Morgan fingerprint density at radius 3 is 2.88 bits per heavy atom. The molecule has 0 bridgehead atoms. The number of nitrogens with zero attached hydrogens (tertiary/aromatic N) is 3. The summed E-state index contributed by atoms with van der Waals surface area (Å²) in [6.07, 6.45) is 1.17. The summed E-state index contributed by atoms with van der Waals surface area (Å²) in [5.41, 5.74) is 0.272. The molecular formula is C9H7FN4OS. The van der Waals surface area contributed by atoms with Gasteiger partial charge in [-0.1, -0.05) is 0 Å². The lowest BCUT2D eigenvalue weighted by Crippen LogP contribution is -2.12. The van der Waals surface area contributed by atoms with E-state index >= 15 is 0 Å². The fraction of sp³-hybridized carbons (Fsp3) is 0.111. The second kappa shape index (κ2) is 4.31. The lowest BCUT2D eigenvalue weighted by Gasteiger charge is -1.99. The van der Waals surface area contributed by atoms with Crippen LogP contribution in [0, 0.1) is 12.9 Å². The third-order valence-electron chi connectivity index (χ3n) is 1.74. The highest BCUT2D eigenvalue weighted by atomic mass is 32.1. The van der Waals surface area contributed by atoms with Crippen LogP contribution in [0.3, 0.4) is 0 Å². The van der Waals surface area contributed by atoms with Gasteiger partial charge in [-0.25, -0.2) is 9.97 Å². The Bertz CT molecular complexity index is 510. The molecule has 2 heterocycles.